The molecule has 4 aromatic heterocycles. The molecule has 6 nitrogen and oxygen atoms in total. The van der Waals surface area contributed by atoms with E-state index in [1.165, 1.54) is 0 Å². The largest absolute Gasteiger partial charge is 0.359 e. The molecule has 4 heterocycles. The minimum Gasteiger partial charge on any atom is -0.359 e. The molecule has 0 unspecified atom stereocenters. The minimum absolute atomic E-state index is 0.325. The number of aromatic nitrogens is 5. The average Bonchev–Trinajstić information content (AvgIpc) is 3.64. The summed E-state index contributed by atoms with van der Waals surface area (Å²) in [5.74, 6) is 1.03. The predicted molar refractivity (Wildman–Crippen MR) is 151 cm³/mol. The molecule has 0 aliphatic carbocycles. The SMILES string of the molecule is C=C/C(=C\C(=C/C)c1ccc2[nH]nc(-c3nc4c(-c5ccsc5)cncc4[nH]3)c2c1)NC(=C)C(C)C. The molecule has 3 N–H and O–H groups in total. The van der Waals surface area contributed by atoms with E-state index in [1.54, 1.807) is 17.5 Å². The van der Waals surface area contributed by atoms with E-state index in [0.717, 1.165) is 61.3 Å². The van der Waals surface area contributed by atoms with Gasteiger partial charge in [0.2, 0.25) is 0 Å². The van der Waals surface area contributed by atoms with Crippen LogP contribution in [0.1, 0.15) is 26.3 Å². The third-order valence-electron chi connectivity index (χ3n) is 6.19. The van der Waals surface area contributed by atoms with Crippen LogP contribution in [0.15, 0.2) is 90.2 Å². The van der Waals surface area contributed by atoms with Gasteiger partial charge < -0.3 is 10.3 Å². The Morgan fingerprint density at radius 2 is 2.03 bits per heavy atom. The summed E-state index contributed by atoms with van der Waals surface area (Å²) in [6.07, 6.45) is 9.65. The molecule has 0 aliphatic heterocycles. The van der Waals surface area contributed by atoms with Gasteiger partial charge in [-0.3, -0.25) is 10.1 Å². The standard InChI is InChI=1S/C29H28N6S/c1-6-19(12-22(7-2)31-18(5)17(3)4)20-8-9-25-23(13-20)28(35-34-25)29-32-26-15-30-14-24(27(26)33-29)21-10-11-36-16-21/h6-17,31H,2,5H2,1,3-4H3,(H,32,33)(H,34,35)/b19-6+,22-12+. The fraction of sp³-hybridized carbons (Fsp3) is 0.138. The van der Waals surface area contributed by atoms with Crippen molar-refractivity contribution >= 4 is 38.8 Å². The van der Waals surface area contributed by atoms with Crippen molar-refractivity contribution in [1.82, 2.24) is 30.5 Å². The van der Waals surface area contributed by atoms with Gasteiger partial charge in [-0.15, -0.1) is 0 Å². The second kappa shape index (κ2) is 9.79. The van der Waals surface area contributed by atoms with Gasteiger partial charge in [-0.25, -0.2) is 4.98 Å². The molecule has 0 fully saturated rings. The lowest BCUT2D eigenvalue weighted by Gasteiger charge is -2.14. The quantitative estimate of drug-likeness (QED) is 0.196. The lowest BCUT2D eigenvalue weighted by Crippen LogP contribution is -2.14. The van der Waals surface area contributed by atoms with Gasteiger partial charge in [0.1, 0.15) is 11.2 Å². The van der Waals surface area contributed by atoms with Crippen LogP contribution in [-0.2, 0) is 0 Å². The maximum Gasteiger partial charge on any atom is 0.159 e. The number of fused-ring (bicyclic) bond motifs is 2. The number of H-pyrrole nitrogens is 2. The van der Waals surface area contributed by atoms with Crippen LogP contribution in [0, 0.1) is 5.92 Å². The Morgan fingerprint density at radius 1 is 1.17 bits per heavy atom. The highest BCUT2D eigenvalue weighted by atomic mass is 32.1. The number of thiophene rings is 1. The maximum absolute atomic E-state index is 4.93. The Morgan fingerprint density at radius 3 is 2.75 bits per heavy atom. The number of aromatic amines is 2. The fourth-order valence-electron chi connectivity index (χ4n) is 4.02. The van der Waals surface area contributed by atoms with E-state index in [2.05, 4.69) is 93.6 Å². The smallest absolute Gasteiger partial charge is 0.159 e. The Labute approximate surface area is 214 Å². The van der Waals surface area contributed by atoms with Crippen molar-refractivity contribution in [1.29, 1.82) is 0 Å². The molecule has 1 aromatic carbocycles. The van der Waals surface area contributed by atoms with E-state index in [4.69, 9.17) is 4.98 Å². The van der Waals surface area contributed by atoms with Crippen molar-refractivity contribution in [2.45, 2.75) is 20.8 Å². The Hall–Kier alpha value is -4.23. The molecule has 0 saturated carbocycles. The highest BCUT2D eigenvalue weighted by molar-refractivity contribution is 7.08. The fourth-order valence-corrected chi connectivity index (χ4v) is 4.68. The molecule has 180 valence electrons. The van der Waals surface area contributed by atoms with Gasteiger partial charge in [-0.1, -0.05) is 39.1 Å². The summed E-state index contributed by atoms with van der Waals surface area (Å²) in [6, 6.07) is 8.36. The zero-order valence-electron chi connectivity index (χ0n) is 20.6. The van der Waals surface area contributed by atoms with E-state index in [9.17, 15) is 0 Å². The zero-order chi connectivity index (χ0) is 25.2. The summed E-state index contributed by atoms with van der Waals surface area (Å²) < 4.78 is 0. The molecule has 0 amide bonds. The van der Waals surface area contributed by atoms with Crippen LogP contribution >= 0.6 is 11.3 Å². The van der Waals surface area contributed by atoms with Crippen LogP contribution in [0.4, 0.5) is 0 Å². The van der Waals surface area contributed by atoms with Crippen LogP contribution in [0.25, 0.3) is 50.2 Å². The lowest BCUT2D eigenvalue weighted by atomic mass is 10.0. The van der Waals surface area contributed by atoms with E-state index in [-0.39, 0.29) is 0 Å². The van der Waals surface area contributed by atoms with Gasteiger partial charge in [-0.05, 0) is 70.7 Å². The van der Waals surface area contributed by atoms with Crippen molar-refractivity contribution in [3.05, 3.63) is 95.8 Å². The number of pyridine rings is 1. The summed E-state index contributed by atoms with van der Waals surface area (Å²) in [4.78, 5) is 12.8. The average molecular weight is 493 g/mol. The number of hydrogen-bond acceptors (Lipinski definition) is 5. The van der Waals surface area contributed by atoms with E-state index < -0.39 is 0 Å². The van der Waals surface area contributed by atoms with Crippen LogP contribution in [0.2, 0.25) is 0 Å². The van der Waals surface area contributed by atoms with Crippen molar-refractivity contribution in [3.8, 4) is 22.6 Å². The Kier molecular flexibility index (Phi) is 6.40. The molecule has 0 radical (unpaired) electrons. The monoisotopic (exact) mass is 492 g/mol. The predicted octanol–water partition coefficient (Wildman–Crippen LogP) is 7.46. The molecule has 0 spiro atoms. The number of nitrogens with one attached hydrogen (secondary N) is 3. The first kappa shape index (κ1) is 23.5. The molecule has 0 saturated heterocycles. The highest BCUT2D eigenvalue weighted by Gasteiger charge is 2.16. The van der Waals surface area contributed by atoms with E-state index in [1.807, 2.05) is 25.3 Å². The van der Waals surface area contributed by atoms with Crippen LogP contribution in [0.5, 0.6) is 0 Å². The van der Waals surface area contributed by atoms with Gasteiger partial charge in [0.25, 0.3) is 0 Å². The molecule has 7 heteroatoms. The highest BCUT2D eigenvalue weighted by Crippen LogP contribution is 2.33. The Bertz CT molecular complexity index is 1630. The first-order chi connectivity index (χ1) is 17.5. The third kappa shape index (κ3) is 4.41. The van der Waals surface area contributed by atoms with Crippen LogP contribution in [0.3, 0.4) is 0 Å². The molecule has 0 atom stereocenters. The topological polar surface area (TPSA) is 82.3 Å². The molecular weight excluding hydrogens is 464 g/mol. The minimum atomic E-state index is 0.325. The maximum atomic E-state index is 4.93. The number of allylic oxidation sites excluding steroid dienone is 5. The summed E-state index contributed by atoms with van der Waals surface area (Å²) in [7, 11) is 0. The number of nitrogens with zero attached hydrogens (tertiary/aromatic N) is 3. The van der Waals surface area contributed by atoms with Crippen LogP contribution in [-0.4, -0.2) is 25.1 Å². The van der Waals surface area contributed by atoms with Crippen molar-refractivity contribution in [2.24, 2.45) is 5.92 Å². The van der Waals surface area contributed by atoms with Crippen molar-refractivity contribution in [3.63, 3.8) is 0 Å². The molecule has 0 aliphatic rings. The van der Waals surface area contributed by atoms with E-state index >= 15 is 0 Å². The number of imidazole rings is 1. The second-order valence-electron chi connectivity index (χ2n) is 8.87. The van der Waals surface area contributed by atoms with Gasteiger partial charge in [0, 0.05) is 28.5 Å². The van der Waals surface area contributed by atoms with Crippen molar-refractivity contribution < 1.29 is 0 Å². The van der Waals surface area contributed by atoms with Gasteiger partial charge in [0.05, 0.1) is 17.2 Å². The molecule has 36 heavy (non-hydrogen) atoms. The zero-order valence-corrected chi connectivity index (χ0v) is 21.4. The van der Waals surface area contributed by atoms with Gasteiger partial charge in [-0.2, -0.15) is 16.4 Å². The number of rotatable bonds is 8. The molecule has 0 bridgehead atoms. The summed E-state index contributed by atoms with van der Waals surface area (Å²) in [6.45, 7) is 14.3. The van der Waals surface area contributed by atoms with Gasteiger partial charge in [0.15, 0.2) is 5.82 Å². The number of benzene rings is 1. The Balaban J connectivity index is 1.56. The first-order valence-corrected chi connectivity index (χ1v) is 12.7. The normalized spacial score (nSPS) is 12.6. The second-order valence-corrected chi connectivity index (χ2v) is 9.65. The van der Waals surface area contributed by atoms with Gasteiger partial charge >= 0.3 is 0 Å². The van der Waals surface area contributed by atoms with E-state index in [0.29, 0.717) is 11.7 Å². The van der Waals surface area contributed by atoms with Crippen molar-refractivity contribution in [2.75, 3.05) is 0 Å². The number of hydrogen-bond donors (Lipinski definition) is 3. The summed E-state index contributed by atoms with van der Waals surface area (Å²) >= 11 is 1.66. The molecule has 5 aromatic rings. The molecule has 5 rings (SSSR count). The van der Waals surface area contributed by atoms with Crippen LogP contribution < -0.4 is 5.32 Å². The first-order valence-electron chi connectivity index (χ1n) is 11.8. The summed E-state index contributed by atoms with van der Waals surface area (Å²) in [5, 5.41) is 16.3. The summed E-state index contributed by atoms with van der Waals surface area (Å²) in [5.41, 5.74) is 9.59. The lowest BCUT2D eigenvalue weighted by molar-refractivity contribution is 0.710. The third-order valence-corrected chi connectivity index (χ3v) is 6.87. The molecular formula is C29H28N6S.